The largest absolute Gasteiger partial charge is 0.485 e. The number of rotatable bonds is 4. The molecule has 0 unspecified atom stereocenters. The van der Waals surface area contributed by atoms with E-state index in [-0.39, 0.29) is 12.4 Å². The van der Waals surface area contributed by atoms with Gasteiger partial charge in [-0.3, -0.25) is 4.79 Å². The van der Waals surface area contributed by atoms with Crippen LogP contribution in [-0.2, 0) is 0 Å². The zero-order valence-corrected chi connectivity index (χ0v) is 9.01. The number of hydrogen-bond donors (Lipinski definition) is 1. The molecule has 0 amide bonds. The van der Waals surface area contributed by atoms with Gasteiger partial charge in [-0.25, -0.2) is 0 Å². The normalized spacial score (nSPS) is 9.59. The molecule has 84 valence electrons. The van der Waals surface area contributed by atoms with Crippen LogP contribution in [0.1, 0.15) is 16.1 Å². The van der Waals surface area contributed by atoms with Crippen molar-refractivity contribution in [1.82, 2.24) is 4.98 Å². The second-order valence-electron chi connectivity index (χ2n) is 3.44. The van der Waals surface area contributed by atoms with Crippen molar-refractivity contribution in [3.8, 4) is 11.8 Å². The van der Waals surface area contributed by atoms with Crippen LogP contribution < -0.4 is 4.74 Å². The van der Waals surface area contributed by atoms with E-state index in [9.17, 15) is 4.79 Å². The summed E-state index contributed by atoms with van der Waals surface area (Å²) >= 11 is 0. The van der Waals surface area contributed by atoms with E-state index < -0.39 is 0 Å². The third kappa shape index (κ3) is 2.73. The first-order chi connectivity index (χ1) is 8.29. The predicted octanol–water partition coefficient (Wildman–Crippen LogP) is 2.15. The van der Waals surface area contributed by atoms with E-state index in [1.165, 1.54) is 0 Å². The maximum atomic E-state index is 11.6. The van der Waals surface area contributed by atoms with Gasteiger partial charge in [0.05, 0.1) is 17.3 Å². The molecule has 1 aromatic heterocycles. The van der Waals surface area contributed by atoms with Gasteiger partial charge in [-0.05, 0) is 30.3 Å². The summed E-state index contributed by atoms with van der Waals surface area (Å²) in [6, 6.07) is 12.2. The highest BCUT2D eigenvalue weighted by Gasteiger charge is 2.07. The van der Waals surface area contributed by atoms with E-state index >= 15 is 0 Å². The number of carbonyl (C=O) groups excluding carboxylic acids is 1. The Balaban J connectivity index is 1.98. The Hall–Kier alpha value is -2.54. The minimum atomic E-state index is -0.127. The molecule has 4 heteroatoms. The third-order valence-electron chi connectivity index (χ3n) is 2.23. The van der Waals surface area contributed by atoms with E-state index in [1.807, 2.05) is 6.07 Å². The lowest BCUT2D eigenvalue weighted by Crippen LogP contribution is -2.11. The summed E-state index contributed by atoms with van der Waals surface area (Å²) in [6.45, 7) is -0.0462. The van der Waals surface area contributed by atoms with E-state index in [0.717, 1.165) is 0 Å². The summed E-state index contributed by atoms with van der Waals surface area (Å²) in [5.74, 6) is 0.390. The first kappa shape index (κ1) is 11.0. The van der Waals surface area contributed by atoms with Crippen LogP contribution in [0.4, 0.5) is 0 Å². The molecule has 0 fully saturated rings. The van der Waals surface area contributed by atoms with Crippen LogP contribution in [0.2, 0.25) is 0 Å². The highest BCUT2D eigenvalue weighted by molar-refractivity contribution is 5.95. The lowest BCUT2D eigenvalue weighted by atomic mass is 10.2. The number of hydrogen-bond acceptors (Lipinski definition) is 3. The molecule has 2 aromatic rings. The zero-order chi connectivity index (χ0) is 12.1. The van der Waals surface area contributed by atoms with Gasteiger partial charge in [-0.1, -0.05) is 6.07 Å². The van der Waals surface area contributed by atoms with Crippen LogP contribution in [0.5, 0.6) is 5.75 Å². The van der Waals surface area contributed by atoms with Crippen molar-refractivity contribution < 1.29 is 9.53 Å². The summed E-state index contributed by atoms with van der Waals surface area (Å²) < 4.78 is 5.31. The number of Topliss-reactive ketones (excluding diaryl/α,β-unsaturated/α-hetero) is 1. The average Bonchev–Trinajstić information content (AvgIpc) is 2.90. The number of benzene rings is 1. The SMILES string of the molecule is N#Cc1cccc(OCC(=O)c2ccc[nH]2)c1. The van der Waals surface area contributed by atoms with Crippen molar-refractivity contribution in [3.63, 3.8) is 0 Å². The highest BCUT2D eigenvalue weighted by Crippen LogP contribution is 2.12. The summed E-state index contributed by atoms with van der Waals surface area (Å²) in [4.78, 5) is 14.4. The standard InChI is InChI=1S/C13H10N2O2/c14-8-10-3-1-4-11(7-10)17-9-13(16)12-5-2-6-15-12/h1-7,15H,9H2. The Labute approximate surface area is 98.5 Å². The van der Waals surface area contributed by atoms with Gasteiger partial charge in [0.15, 0.2) is 6.61 Å². The topological polar surface area (TPSA) is 65.9 Å². The first-order valence-corrected chi connectivity index (χ1v) is 5.09. The second kappa shape index (κ2) is 4.99. The number of carbonyl (C=O) groups is 1. The Morgan fingerprint density at radius 3 is 2.94 bits per heavy atom. The molecule has 4 nitrogen and oxygen atoms in total. The molecule has 2 rings (SSSR count). The van der Waals surface area contributed by atoms with Crippen molar-refractivity contribution in [2.75, 3.05) is 6.61 Å². The van der Waals surface area contributed by atoms with Gasteiger partial charge in [0, 0.05) is 6.20 Å². The molecule has 0 aliphatic rings. The van der Waals surface area contributed by atoms with Crippen LogP contribution in [0, 0.1) is 11.3 Å². The summed E-state index contributed by atoms with van der Waals surface area (Å²) in [5, 5.41) is 8.71. The Morgan fingerprint density at radius 2 is 2.24 bits per heavy atom. The number of aromatic amines is 1. The molecule has 1 aromatic carbocycles. The van der Waals surface area contributed by atoms with E-state index in [4.69, 9.17) is 10.00 Å². The fraction of sp³-hybridized carbons (Fsp3) is 0.0769. The predicted molar refractivity (Wildman–Crippen MR) is 61.8 cm³/mol. The Bertz CT molecular complexity index is 553. The molecule has 0 spiro atoms. The lowest BCUT2D eigenvalue weighted by Gasteiger charge is -2.04. The summed E-state index contributed by atoms with van der Waals surface area (Å²) in [5.41, 5.74) is 1.02. The molecule has 0 bridgehead atoms. The minimum Gasteiger partial charge on any atom is -0.485 e. The monoisotopic (exact) mass is 226 g/mol. The van der Waals surface area contributed by atoms with Gasteiger partial charge in [0.1, 0.15) is 5.75 Å². The molecule has 0 saturated heterocycles. The van der Waals surface area contributed by atoms with E-state index in [1.54, 1.807) is 42.6 Å². The number of nitrogens with one attached hydrogen (secondary N) is 1. The summed E-state index contributed by atoms with van der Waals surface area (Å²) in [7, 11) is 0. The minimum absolute atomic E-state index is 0.0462. The maximum absolute atomic E-state index is 11.6. The van der Waals surface area contributed by atoms with E-state index in [0.29, 0.717) is 17.0 Å². The van der Waals surface area contributed by atoms with Crippen LogP contribution in [0.25, 0.3) is 0 Å². The number of nitrogens with zero attached hydrogens (tertiary/aromatic N) is 1. The van der Waals surface area contributed by atoms with Gasteiger partial charge in [0.2, 0.25) is 5.78 Å². The Kier molecular flexibility index (Phi) is 3.22. The number of ketones is 1. The molecule has 0 radical (unpaired) electrons. The van der Waals surface area contributed by atoms with Crippen molar-refractivity contribution in [1.29, 1.82) is 5.26 Å². The van der Waals surface area contributed by atoms with Crippen molar-refractivity contribution in [2.45, 2.75) is 0 Å². The van der Waals surface area contributed by atoms with Crippen LogP contribution >= 0.6 is 0 Å². The Morgan fingerprint density at radius 1 is 1.35 bits per heavy atom. The molecule has 0 aliphatic heterocycles. The maximum Gasteiger partial charge on any atom is 0.216 e. The fourth-order valence-electron chi connectivity index (χ4n) is 1.39. The van der Waals surface area contributed by atoms with Crippen LogP contribution in [0.15, 0.2) is 42.6 Å². The van der Waals surface area contributed by atoms with Crippen LogP contribution in [-0.4, -0.2) is 17.4 Å². The molecule has 17 heavy (non-hydrogen) atoms. The molecular formula is C13H10N2O2. The van der Waals surface area contributed by atoms with E-state index in [2.05, 4.69) is 4.98 Å². The van der Waals surface area contributed by atoms with Crippen LogP contribution in [0.3, 0.4) is 0 Å². The summed E-state index contributed by atoms with van der Waals surface area (Å²) in [6.07, 6.45) is 1.68. The molecule has 0 atom stereocenters. The lowest BCUT2D eigenvalue weighted by molar-refractivity contribution is 0.0917. The first-order valence-electron chi connectivity index (χ1n) is 5.09. The molecule has 0 saturated carbocycles. The quantitative estimate of drug-likeness (QED) is 0.812. The third-order valence-corrected chi connectivity index (χ3v) is 2.23. The number of ether oxygens (including phenoxy) is 1. The second-order valence-corrected chi connectivity index (χ2v) is 3.44. The van der Waals surface area contributed by atoms with Gasteiger partial charge in [-0.15, -0.1) is 0 Å². The molecule has 1 N–H and O–H groups in total. The number of H-pyrrole nitrogens is 1. The molecular weight excluding hydrogens is 216 g/mol. The van der Waals surface area contributed by atoms with Crippen molar-refractivity contribution in [3.05, 3.63) is 53.9 Å². The van der Waals surface area contributed by atoms with Gasteiger partial charge in [0.25, 0.3) is 0 Å². The van der Waals surface area contributed by atoms with Crippen molar-refractivity contribution in [2.24, 2.45) is 0 Å². The van der Waals surface area contributed by atoms with Crippen molar-refractivity contribution >= 4 is 5.78 Å². The molecule has 1 heterocycles. The smallest absolute Gasteiger partial charge is 0.216 e. The zero-order valence-electron chi connectivity index (χ0n) is 9.01. The van der Waals surface area contributed by atoms with Gasteiger partial charge >= 0.3 is 0 Å². The fourth-order valence-corrected chi connectivity index (χ4v) is 1.39. The number of nitriles is 1. The van der Waals surface area contributed by atoms with Gasteiger partial charge < -0.3 is 9.72 Å². The molecule has 0 aliphatic carbocycles. The van der Waals surface area contributed by atoms with Gasteiger partial charge in [-0.2, -0.15) is 5.26 Å². The average molecular weight is 226 g/mol. The highest BCUT2D eigenvalue weighted by atomic mass is 16.5. The number of aromatic nitrogens is 1.